The highest BCUT2D eigenvalue weighted by Crippen LogP contribution is 2.44. The smallest absolute Gasteiger partial charge is 0.419 e. The molecule has 3 aromatic rings. The number of aromatic nitrogens is 3. The number of fused-ring (bicyclic) bond motifs is 1. The van der Waals surface area contributed by atoms with Gasteiger partial charge in [-0.05, 0) is 37.5 Å². The quantitative estimate of drug-likeness (QED) is 0.582. The molecule has 2 aromatic heterocycles. The lowest BCUT2D eigenvalue weighted by molar-refractivity contribution is -0.140. The van der Waals surface area contributed by atoms with Crippen molar-refractivity contribution in [3.8, 4) is 17.0 Å². The number of aromatic hydroxyl groups is 1. The number of phenolic OH excluding ortho intramolecular Hbond substituents is 1. The van der Waals surface area contributed by atoms with Gasteiger partial charge >= 0.3 is 6.18 Å². The summed E-state index contributed by atoms with van der Waals surface area (Å²) in [5.74, 6) is -4.59. The van der Waals surface area contributed by atoms with E-state index in [0.29, 0.717) is 37.3 Å². The van der Waals surface area contributed by atoms with Gasteiger partial charge in [0, 0.05) is 24.5 Å². The Morgan fingerprint density at radius 3 is 2.56 bits per heavy atom. The molecule has 3 heterocycles. The largest absolute Gasteiger partial charge is 0.503 e. The maximum atomic E-state index is 14.6. The van der Waals surface area contributed by atoms with Crippen LogP contribution in [0.25, 0.3) is 22.3 Å². The van der Waals surface area contributed by atoms with Crippen LogP contribution >= 0.6 is 0 Å². The van der Waals surface area contributed by atoms with Crippen LogP contribution in [0.4, 0.5) is 27.8 Å². The van der Waals surface area contributed by atoms with Crippen molar-refractivity contribution < 1.29 is 31.8 Å². The molecule has 2 fully saturated rings. The number of anilines is 1. The van der Waals surface area contributed by atoms with Gasteiger partial charge in [0.1, 0.15) is 11.5 Å². The monoisotopic (exact) mass is 454 g/mol. The van der Waals surface area contributed by atoms with Crippen LogP contribution < -0.4 is 4.90 Å². The van der Waals surface area contributed by atoms with Crippen LogP contribution in [-0.2, 0) is 18.0 Å². The molecule has 6 nitrogen and oxygen atoms in total. The van der Waals surface area contributed by atoms with Gasteiger partial charge in [-0.25, -0.2) is 18.4 Å². The Morgan fingerprint density at radius 2 is 1.91 bits per heavy atom. The van der Waals surface area contributed by atoms with E-state index >= 15 is 0 Å². The van der Waals surface area contributed by atoms with E-state index in [4.69, 9.17) is 4.74 Å². The Bertz CT molecular complexity index is 1220. The number of morpholine rings is 1. The van der Waals surface area contributed by atoms with E-state index in [1.807, 2.05) is 0 Å². The van der Waals surface area contributed by atoms with E-state index in [2.05, 4.69) is 15.0 Å². The zero-order chi connectivity index (χ0) is 22.8. The Morgan fingerprint density at radius 1 is 1.16 bits per heavy atom. The second-order valence-corrected chi connectivity index (χ2v) is 8.24. The van der Waals surface area contributed by atoms with E-state index in [-0.39, 0.29) is 16.6 Å². The van der Waals surface area contributed by atoms with Gasteiger partial charge < -0.3 is 14.7 Å². The Labute approximate surface area is 179 Å². The molecule has 2 aliphatic rings. The molecule has 0 atom stereocenters. The van der Waals surface area contributed by atoms with Crippen molar-refractivity contribution in [2.75, 3.05) is 24.7 Å². The van der Waals surface area contributed by atoms with Gasteiger partial charge in [-0.1, -0.05) is 0 Å². The summed E-state index contributed by atoms with van der Waals surface area (Å²) in [4.78, 5) is 6.83. The standard InChI is InChI=1S/C21H19F5N4O2/c1-29-19-11(3-4-14(27-19)30-7-8-32-10-20(30)5-2-6-20)17(28-29)12-9-13(21(24,25)26)16(23)18(31)15(12)22/h3-4,9,31H,2,5-8,10H2,1H3. The van der Waals surface area contributed by atoms with Crippen molar-refractivity contribution in [1.29, 1.82) is 0 Å². The molecule has 0 amide bonds. The van der Waals surface area contributed by atoms with Crippen molar-refractivity contribution in [1.82, 2.24) is 14.8 Å². The molecule has 1 saturated heterocycles. The molecule has 1 saturated carbocycles. The van der Waals surface area contributed by atoms with E-state index in [1.54, 1.807) is 12.1 Å². The van der Waals surface area contributed by atoms with E-state index in [1.165, 1.54) is 11.7 Å². The van der Waals surface area contributed by atoms with Crippen molar-refractivity contribution in [2.24, 2.45) is 7.05 Å². The van der Waals surface area contributed by atoms with Gasteiger partial charge in [-0.3, -0.25) is 0 Å². The molecule has 1 aliphatic heterocycles. The molecule has 1 N–H and O–H groups in total. The topological polar surface area (TPSA) is 63.4 Å². The number of ether oxygens (including phenoxy) is 1. The Kier molecular flexibility index (Phi) is 4.59. The molecule has 1 spiro atoms. The molecule has 32 heavy (non-hydrogen) atoms. The minimum atomic E-state index is -5.12. The van der Waals surface area contributed by atoms with Gasteiger partial charge in [0.15, 0.2) is 23.0 Å². The summed E-state index contributed by atoms with van der Waals surface area (Å²) >= 11 is 0. The normalized spacial score (nSPS) is 18.4. The number of nitrogens with zero attached hydrogens (tertiary/aromatic N) is 4. The van der Waals surface area contributed by atoms with Crippen molar-refractivity contribution >= 4 is 16.9 Å². The van der Waals surface area contributed by atoms with Gasteiger partial charge in [0.05, 0.1) is 24.3 Å². The number of hydrogen-bond donors (Lipinski definition) is 1. The summed E-state index contributed by atoms with van der Waals surface area (Å²) in [6.45, 7) is 1.81. The fourth-order valence-electron chi connectivity index (χ4n) is 4.56. The second kappa shape index (κ2) is 7.03. The first-order chi connectivity index (χ1) is 15.1. The third kappa shape index (κ3) is 3.01. The Balaban J connectivity index is 1.64. The number of rotatable bonds is 2. The van der Waals surface area contributed by atoms with Crippen LogP contribution in [0.3, 0.4) is 0 Å². The highest BCUT2D eigenvalue weighted by molar-refractivity contribution is 5.92. The minimum Gasteiger partial charge on any atom is -0.503 e. The summed E-state index contributed by atoms with van der Waals surface area (Å²) in [5, 5.41) is 14.1. The van der Waals surface area contributed by atoms with Crippen LogP contribution in [0.15, 0.2) is 18.2 Å². The summed E-state index contributed by atoms with van der Waals surface area (Å²) in [6, 6.07) is 3.64. The zero-order valence-corrected chi connectivity index (χ0v) is 17.0. The maximum absolute atomic E-state index is 14.6. The number of alkyl halides is 3. The average Bonchev–Trinajstić information content (AvgIpc) is 3.06. The molecule has 1 aromatic carbocycles. The summed E-state index contributed by atoms with van der Waals surface area (Å²) in [6.07, 6.45) is -2.08. The molecule has 1 aliphatic carbocycles. The number of hydrogen-bond acceptors (Lipinski definition) is 5. The van der Waals surface area contributed by atoms with E-state index in [9.17, 15) is 27.1 Å². The van der Waals surface area contributed by atoms with Crippen LogP contribution in [0.1, 0.15) is 24.8 Å². The second-order valence-electron chi connectivity index (χ2n) is 8.24. The van der Waals surface area contributed by atoms with Gasteiger partial charge in [-0.15, -0.1) is 0 Å². The van der Waals surface area contributed by atoms with E-state index in [0.717, 1.165) is 19.3 Å². The maximum Gasteiger partial charge on any atom is 0.419 e. The summed E-state index contributed by atoms with van der Waals surface area (Å²) in [5.41, 5.74) is -2.37. The highest BCUT2D eigenvalue weighted by Gasteiger charge is 2.45. The fourth-order valence-corrected chi connectivity index (χ4v) is 4.56. The number of aryl methyl sites for hydroxylation is 1. The van der Waals surface area contributed by atoms with Gasteiger partial charge in [0.2, 0.25) is 0 Å². The first kappa shape index (κ1) is 20.9. The Hall–Kier alpha value is -2.95. The van der Waals surface area contributed by atoms with Gasteiger partial charge in [0.25, 0.3) is 0 Å². The van der Waals surface area contributed by atoms with Crippen molar-refractivity contribution in [3.05, 3.63) is 35.4 Å². The van der Waals surface area contributed by atoms with Gasteiger partial charge in [-0.2, -0.15) is 18.3 Å². The third-order valence-corrected chi connectivity index (χ3v) is 6.37. The van der Waals surface area contributed by atoms with Crippen LogP contribution in [-0.4, -0.2) is 45.2 Å². The van der Waals surface area contributed by atoms with E-state index < -0.39 is 34.7 Å². The molecular weight excluding hydrogens is 435 g/mol. The first-order valence-corrected chi connectivity index (χ1v) is 10.1. The SMILES string of the molecule is Cn1nc(-c2cc(C(F)(F)F)c(F)c(O)c2F)c2ccc(N3CCOCC34CCC4)nc21. The first-order valence-electron chi connectivity index (χ1n) is 10.1. The van der Waals surface area contributed by atoms with Crippen LogP contribution in [0, 0.1) is 11.6 Å². The number of halogens is 5. The average molecular weight is 454 g/mol. The summed E-state index contributed by atoms with van der Waals surface area (Å²) < 4.78 is 75.1. The highest BCUT2D eigenvalue weighted by atomic mass is 19.4. The predicted octanol–water partition coefficient (Wildman–Crippen LogP) is 4.40. The third-order valence-electron chi connectivity index (χ3n) is 6.37. The van der Waals surface area contributed by atoms with Crippen molar-refractivity contribution in [2.45, 2.75) is 31.0 Å². The molecule has 11 heteroatoms. The molecule has 170 valence electrons. The molecule has 5 rings (SSSR count). The molecular formula is C21H19F5N4O2. The molecule has 0 unspecified atom stereocenters. The molecule has 0 radical (unpaired) electrons. The lowest BCUT2D eigenvalue weighted by atomic mass is 9.75. The predicted molar refractivity (Wildman–Crippen MR) is 105 cm³/mol. The number of benzene rings is 1. The van der Waals surface area contributed by atoms with Crippen LogP contribution in [0.2, 0.25) is 0 Å². The lowest BCUT2D eigenvalue weighted by Crippen LogP contribution is -2.61. The number of pyridine rings is 1. The molecule has 0 bridgehead atoms. The lowest BCUT2D eigenvalue weighted by Gasteiger charge is -2.53. The summed E-state index contributed by atoms with van der Waals surface area (Å²) in [7, 11) is 1.53. The fraction of sp³-hybridized carbons (Fsp3) is 0.429. The van der Waals surface area contributed by atoms with Crippen molar-refractivity contribution in [3.63, 3.8) is 0 Å². The zero-order valence-electron chi connectivity index (χ0n) is 17.0. The van der Waals surface area contributed by atoms with Crippen LogP contribution in [0.5, 0.6) is 5.75 Å². The minimum absolute atomic E-state index is 0.114. The number of phenols is 1.